The number of H-pyrrole nitrogens is 1. The number of aromatic amines is 1. The van der Waals surface area contributed by atoms with Crippen molar-refractivity contribution in [1.29, 1.82) is 0 Å². The molecule has 0 aliphatic carbocycles. The predicted octanol–water partition coefficient (Wildman–Crippen LogP) is 2.15. The number of benzene rings is 2. The lowest BCUT2D eigenvalue weighted by molar-refractivity contribution is 0.0730. The SMILES string of the molecule is COc1cc2nc[nH]c(=O)c2cc1OC(=O)c1ccccc1. The van der Waals surface area contributed by atoms with Gasteiger partial charge in [0.2, 0.25) is 0 Å². The van der Waals surface area contributed by atoms with E-state index in [0.717, 1.165) is 0 Å². The minimum absolute atomic E-state index is 0.169. The molecule has 0 fully saturated rings. The number of carbonyl (C=O) groups is 1. The van der Waals surface area contributed by atoms with E-state index in [1.54, 1.807) is 36.4 Å². The summed E-state index contributed by atoms with van der Waals surface area (Å²) in [5.41, 5.74) is 0.550. The molecule has 0 aliphatic rings. The van der Waals surface area contributed by atoms with Crippen LogP contribution in [0.1, 0.15) is 10.4 Å². The number of aromatic nitrogens is 2. The van der Waals surface area contributed by atoms with Crippen molar-refractivity contribution in [3.63, 3.8) is 0 Å². The fourth-order valence-corrected chi connectivity index (χ4v) is 2.05. The zero-order valence-corrected chi connectivity index (χ0v) is 11.7. The highest BCUT2D eigenvalue weighted by Crippen LogP contribution is 2.30. The number of ether oxygens (including phenoxy) is 2. The quantitative estimate of drug-likeness (QED) is 0.591. The van der Waals surface area contributed by atoms with Crippen molar-refractivity contribution in [3.8, 4) is 11.5 Å². The number of hydrogen-bond donors (Lipinski definition) is 1. The molecule has 110 valence electrons. The molecular formula is C16H12N2O4. The highest BCUT2D eigenvalue weighted by Gasteiger charge is 2.14. The Balaban J connectivity index is 2.04. The number of carbonyl (C=O) groups excluding carboxylic acids is 1. The number of fused-ring (bicyclic) bond motifs is 1. The second-order valence-corrected chi connectivity index (χ2v) is 4.51. The first kappa shape index (κ1) is 13.8. The molecule has 1 N–H and O–H groups in total. The third kappa shape index (κ3) is 2.54. The average molecular weight is 296 g/mol. The Morgan fingerprint density at radius 1 is 1.14 bits per heavy atom. The van der Waals surface area contributed by atoms with Gasteiger partial charge in [-0.25, -0.2) is 9.78 Å². The van der Waals surface area contributed by atoms with Crippen LogP contribution in [0.3, 0.4) is 0 Å². The van der Waals surface area contributed by atoms with Gasteiger partial charge in [0, 0.05) is 6.07 Å². The van der Waals surface area contributed by atoms with Crippen molar-refractivity contribution in [3.05, 3.63) is 64.7 Å². The van der Waals surface area contributed by atoms with Crippen molar-refractivity contribution in [2.45, 2.75) is 0 Å². The van der Waals surface area contributed by atoms with Gasteiger partial charge >= 0.3 is 5.97 Å². The molecule has 1 heterocycles. The molecule has 0 radical (unpaired) electrons. The van der Waals surface area contributed by atoms with Gasteiger partial charge < -0.3 is 14.5 Å². The summed E-state index contributed by atoms with van der Waals surface area (Å²) < 4.78 is 10.5. The van der Waals surface area contributed by atoms with Crippen LogP contribution >= 0.6 is 0 Å². The van der Waals surface area contributed by atoms with Crippen LogP contribution in [0, 0.1) is 0 Å². The van der Waals surface area contributed by atoms with E-state index >= 15 is 0 Å². The minimum atomic E-state index is -0.529. The van der Waals surface area contributed by atoms with Gasteiger partial charge in [0.05, 0.1) is 29.9 Å². The summed E-state index contributed by atoms with van der Waals surface area (Å²) >= 11 is 0. The van der Waals surface area contributed by atoms with Crippen LogP contribution in [-0.2, 0) is 0 Å². The summed E-state index contributed by atoms with van der Waals surface area (Å²) in [5.74, 6) is -0.0317. The van der Waals surface area contributed by atoms with Crippen LogP contribution in [0.2, 0.25) is 0 Å². The topological polar surface area (TPSA) is 81.3 Å². The molecule has 6 heteroatoms. The highest BCUT2D eigenvalue weighted by atomic mass is 16.6. The fraction of sp³-hybridized carbons (Fsp3) is 0.0625. The van der Waals surface area contributed by atoms with Gasteiger partial charge in [0.15, 0.2) is 11.5 Å². The molecule has 0 saturated carbocycles. The maximum atomic E-state index is 12.1. The van der Waals surface area contributed by atoms with Gasteiger partial charge in [-0.2, -0.15) is 0 Å². The monoisotopic (exact) mass is 296 g/mol. The van der Waals surface area contributed by atoms with Crippen molar-refractivity contribution < 1.29 is 14.3 Å². The number of nitrogens with one attached hydrogen (secondary N) is 1. The normalized spacial score (nSPS) is 10.4. The lowest BCUT2D eigenvalue weighted by Gasteiger charge is -2.10. The lowest BCUT2D eigenvalue weighted by Crippen LogP contribution is -2.11. The van der Waals surface area contributed by atoms with Crippen molar-refractivity contribution in [2.75, 3.05) is 7.11 Å². The van der Waals surface area contributed by atoms with E-state index in [1.807, 2.05) is 0 Å². The molecule has 0 aliphatic heterocycles. The summed E-state index contributed by atoms with van der Waals surface area (Å²) in [6, 6.07) is 11.6. The van der Waals surface area contributed by atoms with Gasteiger partial charge in [0.25, 0.3) is 5.56 Å². The molecule has 0 bridgehead atoms. The zero-order valence-electron chi connectivity index (χ0n) is 11.7. The third-order valence-electron chi connectivity index (χ3n) is 3.14. The van der Waals surface area contributed by atoms with E-state index in [1.165, 1.54) is 19.5 Å². The van der Waals surface area contributed by atoms with Gasteiger partial charge in [-0.1, -0.05) is 18.2 Å². The first-order valence-corrected chi connectivity index (χ1v) is 6.51. The summed E-state index contributed by atoms with van der Waals surface area (Å²) in [4.78, 5) is 30.5. The molecule has 0 saturated heterocycles. The van der Waals surface area contributed by atoms with Gasteiger partial charge in [0.1, 0.15) is 0 Å². The largest absolute Gasteiger partial charge is 0.493 e. The number of methoxy groups -OCH3 is 1. The van der Waals surface area contributed by atoms with Crippen LogP contribution in [0.25, 0.3) is 10.9 Å². The molecule has 3 aromatic rings. The average Bonchev–Trinajstić information content (AvgIpc) is 2.56. The van der Waals surface area contributed by atoms with Crippen LogP contribution < -0.4 is 15.0 Å². The van der Waals surface area contributed by atoms with Crippen LogP contribution in [0.15, 0.2) is 53.6 Å². The van der Waals surface area contributed by atoms with Crippen molar-refractivity contribution in [1.82, 2.24) is 9.97 Å². The summed E-state index contributed by atoms with van der Waals surface area (Å²) in [6.45, 7) is 0. The molecule has 1 aromatic heterocycles. The Morgan fingerprint density at radius 3 is 2.64 bits per heavy atom. The first-order chi connectivity index (χ1) is 10.7. The van der Waals surface area contributed by atoms with Crippen LogP contribution in [0.5, 0.6) is 11.5 Å². The maximum Gasteiger partial charge on any atom is 0.343 e. The lowest BCUT2D eigenvalue weighted by atomic mass is 10.2. The Hall–Kier alpha value is -3.15. The smallest absolute Gasteiger partial charge is 0.343 e. The van der Waals surface area contributed by atoms with Crippen molar-refractivity contribution in [2.24, 2.45) is 0 Å². The van der Waals surface area contributed by atoms with E-state index in [-0.39, 0.29) is 11.3 Å². The molecule has 2 aromatic carbocycles. The molecule has 22 heavy (non-hydrogen) atoms. The van der Waals surface area contributed by atoms with Crippen LogP contribution in [-0.4, -0.2) is 23.0 Å². The number of hydrogen-bond acceptors (Lipinski definition) is 5. The molecule has 0 unspecified atom stereocenters. The number of nitrogens with zero attached hydrogens (tertiary/aromatic N) is 1. The Morgan fingerprint density at radius 2 is 1.91 bits per heavy atom. The predicted molar refractivity (Wildman–Crippen MR) is 80.3 cm³/mol. The number of esters is 1. The Labute approximate surface area is 125 Å². The maximum absolute atomic E-state index is 12.1. The minimum Gasteiger partial charge on any atom is -0.493 e. The fourth-order valence-electron chi connectivity index (χ4n) is 2.05. The highest BCUT2D eigenvalue weighted by molar-refractivity contribution is 5.92. The van der Waals surface area contributed by atoms with E-state index in [9.17, 15) is 9.59 Å². The standard InChI is InChI=1S/C16H12N2O4/c1-21-13-8-12-11(15(19)18-9-17-12)7-14(13)22-16(20)10-5-3-2-4-6-10/h2-9H,1H3,(H,17,18,19). The zero-order chi connectivity index (χ0) is 15.5. The molecule has 6 nitrogen and oxygen atoms in total. The Bertz CT molecular complexity index is 888. The molecule has 3 rings (SSSR count). The summed E-state index contributed by atoms with van der Waals surface area (Å²) in [6.07, 6.45) is 1.31. The second-order valence-electron chi connectivity index (χ2n) is 4.51. The van der Waals surface area contributed by atoms with Gasteiger partial charge in [-0.15, -0.1) is 0 Å². The first-order valence-electron chi connectivity index (χ1n) is 6.51. The van der Waals surface area contributed by atoms with E-state index in [4.69, 9.17) is 9.47 Å². The molecule has 0 amide bonds. The number of rotatable bonds is 3. The van der Waals surface area contributed by atoms with Gasteiger partial charge in [-0.3, -0.25) is 4.79 Å². The van der Waals surface area contributed by atoms with E-state index < -0.39 is 5.97 Å². The summed E-state index contributed by atoms with van der Waals surface area (Å²) in [7, 11) is 1.45. The van der Waals surface area contributed by atoms with Crippen LogP contribution in [0.4, 0.5) is 0 Å². The van der Waals surface area contributed by atoms with Gasteiger partial charge in [-0.05, 0) is 18.2 Å². The molecule has 0 spiro atoms. The van der Waals surface area contributed by atoms with E-state index in [2.05, 4.69) is 9.97 Å². The molecule has 0 atom stereocenters. The Kier molecular flexibility index (Phi) is 3.57. The molecular weight excluding hydrogens is 284 g/mol. The third-order valence-corrected chi connectivity index (χ3v) is 3.14. The van der Waals surface area contributed by atoms with E-state index in [0.29, 0.717) is 22.2 Å². The second kappa shape index (κ2) is 5.69. The van der Waals surface area contributed by atoms with Crippen molar-refractivity contribution >= 4 is 16.9 Å². The summed E-state index contributed by atoms with van der Waals surface area (Å²) in [5, 5.41) is 0.319.